The Balaban J connectivity index is 1.81. The van der Waals surface area contributed by atoms with Crippen LogP contribution >= 0.6 is 0 Å². The van der Waals surface area contributed by atoms with Crippen LogP contribution in [0.2, 0.25) is 0 Å². The minimum Gasteiger partial charge on any atom is -0.399 e. The summed E-state index contributed by atoms with van der Waals surface area (Å²) in [6.45, 7) is 0. The molecule has 26 heavy (non-hydrogen) atoms. The van der Waals surface area contributed by atoms with Crippen molar-refractivity contribution in [1.29, 1.82) is 0 Å². The number of nitrogen functional groups attached to an aromatic ring is 1. The summed E-state index contributed by atoms with van der Waals surface area (Å²) in [6, 6.07) is 15.9. The molecule has 0 fully saturated rings. The van der Waals surface area contributed by atoms with Crippen molar-refractivity contribution in [1.82, 2.24) is 14.8 Å². The van der Waals surface area contributed by atoms with Crippen molar-refractivity contribution in [3.8, 4) is 0 Å². The third-order valence-electron chi connectivity index (χ3n) is 4.59. The molecule has 0 amide bonds. The molecule has 2 heterocycles. The number of hydrogen-bond acceptors (Lipinski definition) is 2. The van der Waals surface area contributed by atoms with Crippen molar-refractivity contribution in [3.63, 3.8) is 0 Å². The highest BCUT2D eigenvalue weighted by atomic mass is 16.1. The van der Waals surface area contributed by atoms with Crippen LogP contribution in [0.4, 0.5) is 5.69 Å². The van der Waals surface area contributed by atoms with Crippen molar-refractivity contribution in [2.45, 2.75) is 6.42 Å². The van der Waals surface area contributed by atoms with E-state index in [0.717, 1.165) is 33.1 Å². The third-order valence-corrected chi connectivity index (χ3v) is 4.59. The summed E-state index contributed by atoms with van der Waals surface area (Å²) >= 11 is 0. The van der Waals surface area contributed by atoms with E-state index in [1.807, 2.05) is 61.8 Å². The highest BCUT2D eigenvalue weighted by Gasteiger charge is 2.04. The molecule has 4 rings (SSSR count). The van der Waals surface area contributed by atoms with Gasteiger partial charge in [-0.3, -0.25) is 15.0 Å². The summed E-state index contributed by atoms with van der Waals surface area (Å²) < 4.78 is 2.07. The molecule has 0 bridgehead atoms. The molecule has 130 valence electrons. The molecular weight excluding hydrogens is 324 g/mol. The first-order valence-corrected chi connectivity index (χ1v) is 8.49. The molecule has 0 unspecified atom stereocenters. The standard InChI is InChI=1S/C21H20N4O/c1-25-13-15(17-4-2-3-5-20(17)25)12-18-19(23-24-21(18)26)11-8-14-6-9-16(22)10-7-14/h2-7,9-13,23H,8,22H2,1H3,(H,24,26). The van der Waals surface area contributed by atoms with Crippen LogP contribution in [0.5, 0.6) is 0 Å². The molecule has 4 N–H and O–H groups in total. The Morgan fingerprint density at radius 1 is 1.08 bits per heavy atom. The second-order valence-corrected chi connectivity index (χ2v) is 6.41. The number of para-hydroxylation sites is 1. The Bertz CT molecular complexity index is 1240. The lowest BCUT2D eigenvalue weighted by molar-refractivity contribution is 0.968. The summed E-state index contributed by atoms with van der Waals surface area (Å²) in [5.41, 5.74) is 9.64. The molecule has 5 heteroatoms. The Kier molecular flexibility index (Phi) is 3.97. The molecule has 2 aromatic heterocycles. The largest absolute Gasteiger partial charge is 0.399 e. The van der Waals surface area contributed by atoms with Gasteiger partial charge in [0.1, 0.15) is 0 Å². The molecule has 2 aromatic carbocycles. The average Bonchev–Trinajstić information content (AvgIpc) is 3.16. The van der Waals surface area contributed by atoms with Gasteiger partial charge >= 0.3 is 0 Å². The quantitative estimate of drug-likeness (QED) is 0.494. The van der Waals surface area contributed by atoms with E-state index < -0.39 is 0 Å². The van der Waals surface area contributed by atoms with Gasteiger partial charge in [-0.15, -0.1) is 0 Å². The summed E-state index contributed by atoms with van der Waals surface area (Å²) in [7, 11) is 2.01. The van der Waals surface area contributed by atoms with Crippen LogP contribution in [0.1, 0.15) is 11.1 Å². The van der Waals surface area contributed by atoms with E-state index >= 15 is 0 Å². The van der Waals surface area contributed by atoms with Crippen LogP contribution in [0.25, 0.3) is 23.1 Å². The van der Waals surface area contributed by atoms with Gasteiger partial charge in [-0.2, -0.15) is 0 Å². The van der Waals surface area contributed by atoms with Gasteiger partial charge in [0.15, 0.2) is 0 Å². The molecule has 4 aromatic rings. The zero-order valence-corrected chi connectivity index (χ0v) is 14.5. The zero-order valence-electron chi connectivity index (χ0n) is 14.5. The Labute approximate surface area is 150 Å². The van der Waals surface area contributed by atoms with Gasteiger partial charge < -0.3 is 10.3 Å². The highest BCUT2D eigenvalue weighted by molar-refractivity contribution is 5.89. The third kappa shape index (κ3) is 2.95. The number of aryl methyl sites for hydroxylation is 1. The number of aromatic nitrogens is 3. The number of H-pyrrole nitrogens is 2. The maximum atomic E-state index is 12.3. The minimum absolute atomic E-state index is 0.124. The molecular formula is C21H20N4O. The van der Waals surface area contributed by atoms with Gasteiger partial charge in [0, 0.05) is 35.4 Å². The molecule has 0 aliphatic rings. The Hall–Kier alpha value is -3.47. The summed E-state index contributed by atoms with van der Waals surface area (Å²) in [5.74, 6) is 0. The molecule has 0 aliphatic heterocycles. The monoisotopic (exact) mass is 344 g/mol. The first-order valence-electron chi connectivity index (χ1n) is 8.49. The fraction of sp³-hybridized carbons (Fsp3) is 0.0952. The number of anilines is 1. The number of benzene rings is 2. The normalized spacial score (nSPS) is 13.0. The maximum Gasteiger partial charge on any atom is 0.271 e. The molecule has 0 atom stereocenters. The van der Waals surface area contributed by atoms with Crippen molar-refractivity contribution in [2.24, 2.45) is 7.05 Å². The van der Waals surface area contributed by atoms with E-state index in [1.54, 1.807) is 0 Å². The second kappa shape index (κ2) is 6.44. The van der Waals surface area contributed by atoms with Gasteiger partial charge in [-0.05, 0) is 36.3 Å². The smallest absolute Gasteiger partial charge is 0.271 e. The number of nitrogens with one attached hydrogen (secondary N) is 2. The predicted octanol–water partition coefficient (Wildman–Crippen LogP) is 1.63. The van der Waals surface area contributed by atoms with E-state index in [4.69, 9.17) is 5.73 Å². The van der Waals surface area contributed by atoms with Crippen molar-refractivity contribution < 1.29 is 0 Å². The topological polar surface area (TPSA) is 79.6 Å². The van der Waals surface area contributed by atoms with E-state index in [2.05, 4.69) is 26.9 Å². The SMILES string of the molecule is Cn1cc(C=c2c(=O)[nH][nH]c2=CCc2ccc(N)cc2)c2ccccc21. The molecule has 0 radical (unpaired) electrons. The van der Waals surface area contributed by atoms with Gasteiger partial charge in [0.25, 0.3) is 5.56 Å². The number of aromatic amines is 2. The molecule has 0 spiro atoms. The average molecular weight is 344 g/mol. The number of nitrogens with zero attached hydrogens (tertiary/aromatic N) is 1. The Morgan fingerprint density at radius 2 is 1.85 bits per heavy atom. The molecule has 0 saturated carbocycles. The van der Waals surface area contributed by atoms with Crippen LogP contribution in [-0.4, -0.2) is 14.8 Å². The number of fused-ring (bicyclic) bond motifs is 1. The predicted molar refractivity (Wildman–Crippen MR) is 106 cm³/mol. The van der Waals surface area contributed by atoms with Crippen LogP contribution in [0, 0.1) is 0 Å². The molecule has 5 nitrogen and oxygen atoms in total. The highest BCUT2D eigenvalue weighted by Crippen LogP contribution is 2.20. The van der Waals surface area contributed by atoms with Gasteiger partial charge in [0.2, 0.25) is 0 Å². The first kappa shape index (κ1) is 16.0. The lowest BCUT2D eigenvalue weighted by atomic mass is 10.1. The van der Waals surface area contributed by atoms with Crippen LogP contribution < -0.4 is 21.9 Å². The summed E-state index contributed by atoms with van der Waals surface area (Å²) in [5, 5.41) is 8.22. The van der Waals surface area contributed by atoms with Gasteiger partial charge in [0.05, 0.1) is 10.6 Å². The van der Waals surface area contributed by atoms with E-state index in [1.165, 1.54) is 0 Å². The van der Waals surface area contributed by atoms with Crippen LogP contribution in [0.3, 0.4) is 0 Å². The number of nitrogens with two attached hydrogens (primary N) is 1. The number of rotatable bonds is 3. The minimum atomic E-state index is -0.124. The second-order valence-electron chi connectivity index (χ2n) is 6.41. The van der Waals surface area contributed by atoms with Crippen molar-refractivity contribution in [2.75, 3.05) is 5.73 Å². The fourth-order valence-electron chi connectivity index (χ4n) is 3.20. The van der Waals surface area contributed by atoms with Crippen LogP contribution in [0.15, 0.2) is 59.5 Å². The van der Waals surface area contributed by atoms with E-state index in [9.17, 15) is 4.79 Å². The molecule has 0 aliphatic carbocycles. The van der Waals surface area contributed by atoms with Crippen LogP contribution in [-0.2, 0) is 13.5 Å². The number of hydrogen-bond donors (Lipinski definition) is 3. The summed E-state index contributed by atoms with van der Waals surface area (Å²) in [6.07, 6.45) is 6.71. The van der Waals surface area contributed by atoms with Gasteiger partial charge in [-0.25, -0.2) is 0 Å². The Morgan fingerprint density at radius 3 is 2.65 bits per heavy atom. The lowest BCUT2D eigenvalue weighted by Gasteiger charge is -1.96. The van der Waals surface area contributed by atoms with Gasteiger partial charge in [-0.1, -0.05) is 36.4 Å². The fourth-order valence-corrected chi connectivity index (χ4v) is 3.20. The van der Waals surface area contributed by atoms with Crippen molar-refractivity contribution >= 4 is 28.7 Å². The lowest BCUT2D eigenvalue weighted by Crippen LogP contribution is -2.33. The van der Waals surface area contributed by atoms with E-state index in [0.29, 0.717) is 11.6 Å². The molecule has 0 saturated heterocycles. The summed E-state index contributed by atoms with van der Waals surface area (Å²) in [4.78, 5) is 12.3. The van der Waals surface area contributed by atoms with Crippen molar-refractivity contribution in [3.05, 3.63) is 86.8 Å². The zero-order chi connectivity index (χ0) is 18.1. The van der Waals surface area contributed by atoms with E-state index in [-0.39, 0.29) is 5.56 Å². The maximum absolute atomic E-state index is 12.3. The first-order chi connectivity index (χ1) is 12.6.